The Morgan fingerprint density at radius 1 is 1.06 bits per heavy atom. The molecular weight excluding hydrogens is 437 g/mol. The van der Waals surface area contributed by atoms with Crippen molar-refractivity contribution in [2.24, 2.45) is 0 Å². The van der Waals surface area contributed by atoms with E-state index in [2.05, 4.69) is 20.8 Å². The third kappa shape index (κ3) is 4.64. The minimum absolute atomic E-state index is 0.0167. The number of Topliss-reactive ketones (excluding diaryl/α,β-unsaturated/α-hetero) is 1. The maximum Gasteiger partial charge on any atom is 0.295 e. The van der Waals surface area contributed by atoms with E-state index in [9.17, 15) is 14.7 Å². The van der Waals surface area contributed by atoms with Crippen LogP contribution in [0.1, 0.15) is 43.5 Å². The first-order valence-electron chi connectivity index (χ1n) is 9.89. The summed E-state index contributed by atoms with van der Waals surface area (Å²) >= 11 is 12.1. The zero-order chi connectivity index (χ0) is 22.9. The van der Waals surface area contributed by atoms with E-state index < -0.39 is 17.7 Å². The number of amides is 1. The fourth-order valence-corrected chi connectivity index (χ4v) is 3.91. The van der Waals surface area contributed by atoms with E-state index in [1.807, 2.05) is 24.3 Å². The number of benzene rings is 2. The van der Waals surface area contributed by atoms with Crippen molar-refractivity contribution in [2.75, 3.05) is 20.3 Å². The largest absolute Gasteiger partial charge is 0.507 e. The number of aliphatic hydroxyl groups excluding tert-OH is 1. The molecular formula is C24H25Cl2NO4. The summed E-state index contributed by atoms with van der Waals surface area (Å²) < 4.78 is 5.13. The highest BCUT2D eigenvalue weighted by molar-refractivity contribution is 6.46. The highest BCUT2D eigenvalue weighted by Crippen LogP contribution is 2.40. The van der Waals surface area contributed by atoms with Gasteiger partial charge in [-0.2, -0.15) is 0 Å². The summed E-state index contributed by atoms with van der Waals surface area (Å²) in [6.45, 7) is 6.80. The van der Waals surface area contributed by atoms with Crippen molar-refractivity contribution in [1.29, 1.82) is 0 Å². The van der Waals surface area contributed by atoms with E-state index in [0.29, 0.717) is 10.6 Å². The standard InChI is InChI=1S/C24H25Cl2NO4/c1-24(2,3)16-8-5-14(6-9-16)20-19(22(29)23(30)27(20)11-12-31-4)21(28)15-7-10-17(25)18(26)13-15/h5-10,13,20,28H,11-12H2,1-4H3/b21-19-. The number of carbonyl (C=O) groups excluding carboxylic acids is 2. The quantitative estimate of drug-likeness (QED) is 0.369. The molecule has 7 heteroatoms. The van der Waals surface area contributed by atoms with Gasteiger partial charge in [0.15, 0.2) is 0 Å². The molecule has 1 aliphatic heterocycles. The SMILES string of the molecule is COCCN1C(=O)C(=O)/C(=C(\O)c2ccc(Cl)c(Cl)c2)C1c1ccc(C(C)(C)C)cc1. The summed E-state index contributed by atoms with van der Waals surface area (Å²) in [6, 6.07) is 11.6. The Kier molecular flexibility index (Phi) is 6.79. The molecule has 5 nitrogen and oxygen atoms in total. The van der Waals surface area contributed by atoms with Gasteiger partial charge in [0.1, 0.15) is 5.76 Å². The number of hydrogen-bond acceptors (Lipinski definition) is 4. The third-order valence-electron chi connectivity index (χ3n) is 5.36. The van der Waals surface area contributed by atoms with Gasteiger partial charge in [-0.05, 0) is 34.7 Å². The van der Waals surface area contributed by atoms with Crippen molar-refractivity contribution in [2.45, 2.75) is 32.2 Å². The summed E-state index contributed by atoms with van der Waals surface area (Å²) in [5.41, 5.74) is 2.13. The topological polar surface area (TPSA) is 66.8 Å². The van der Waals surface area contributed by atoms with E-state index in [1.165, 1.54) is 24.1 Å². The molecule has 0 aromatic heterocycles. The maximum absolute atomic E-state index is 12.9. The summed E-state index contributed by atoms with van der Waals surface area (Å²) in [5.74, 6) is -1.71. The highest BCUT2D eigenvalue weighted by atomic mass is 35.5. The average molecular weight is 462 g/mol. The van der Waals surface area contributed by atoms with Gasteiger partial charge in [0.05, 0.1) is 28.3 Å². The smallest absolute Gasteiger partial charge is 0.295 e. The number of likely N-dealkylation sites (tertiary alicyclic amines) is 1. The Balaban J connectivity index is 2.16. The van der Waals surface area contributed by atoms with Crippen molar-refractivity contribution >= 4 is 40.7 Å². The molecule has 0 bridgehead atoms. The molecule has 1 fully saturated rings. The fraction of sp³-hybridized carbons (Fsp3) is 0.333. The van der Waals surface area contributed by atoms with Crippen LogP contribution in [-0.2, 0) is 19.7 Å². The predicted molar refractivity (Wildman–Crippen MR) is 122 cm³/mol. The van der Waals surface area contributed by atoms with Crippen LogP contribution in [0.4, 0.5) is 0 Å². The second-order valence-electron chi connectivity index (χ2n) is 8.49. The summed E-state index contributed by atoms with van der Waals surface area (Å²) in [4.78, 5) is 27.2. The van der Waals surface area contributed by atoms with Crippen LogP contribution < -0.4 is 0 Å². The molecule has 1 saturated heterocycles. The van der Waals surface area contributed by atoms with E-state index >= 15 is 0 Å². The lowest BCUT2D eigenvalue weighted by Gasteiger charge is -2.26. The van der Waals surface area contributed by atoms with Gasteiger partial charge in [-0.3, -0.25) is 9.59 Å². The van der Waals surface area contributed by atoms with E-state index in [4.69, 9.17) is 27.9 Å². The molecule has 1 aliphatic rings. The highest BCUT2D eigenvalue weighted by Gasteiger charge is 2.45. The second-order valence-corrected chi connectivity index (χ2v) is 9.30. The van der Waals surface area contributed by atoms with Crippen LogP contribution in [0.2, 0.25) is 10.0 Å². The van der Waals surface area contributed by atoms with Crippen LogP contribution >= 0.6 is 23.2 Å². The Morgan fingerprint density at radius 2 is 1.71 bits per heavy atom. The lowest BCUT2D eigenvalue weighted by atomic mass is 9.85. The summed E-state index contributed by atoms with van der Waals surface area (Å²) in [7, 11) is 1.53. The van der Waals surface area contributed by atoms with E-state index in [1.54, 1.807) is 6.07 Å². The molecule has 2 aromatic carbocycles. The normalized spacial score (nSPS) is 18.6. The molecule has 1 N–H and O–H groups in total. The van der Waals surface area contributed by atoms with E-state index in [0.717, 1.165) is 11.1 Å². The minimum atomic E-state index is -0.746. The van der Waals surface area contributed by atoms with Gasteiger partial charge in [-0.25, -0.2) is 0 Å². The van der Waals surface area contributed by atoms with Crippen molar-refractivity contribution in [3.63, 3.8) is 0 Å². The monoisotopic (exact) mass is 461 g/mol. The molecule has 2 aromatic rings. The zero-order valence-electron chi connectivity index (χ0n) is 17.9. The number of ketones is 1. The molecule has 1 unspecified atom stereocenters. The van der Waals surface area contributed by atoms with Crippen LogP contribution in [-0.4, -0.2) is 42.0 Å². The van der Waals surface area contributed by atoms with Gasteiger partial charge in [0, 0.05) is 19.2 Å². The molecule has 31 heavy (non-hydrogen) atoms. The van der Waals surface area contributed by atoms with Gasteiger partial charge in [0.25, 0.3) is 11.7 Å². The van der Waals surface area contributed by atoms with Crippen molar-refractivity contribution in [3.05, 3.63) is 74.8 Å². The van der Waals surface area contributed by atoms with Crippen LogP contribution in [0.5, 0.6) is 0 Å². The van der Waals surface area contributed by atoms with Gasteiger partial charge >= 0.3 is 0 Å². The van der Waals surface area contributed by atoms with E-state index in [-0.39, 0.29) is 34.9 Å². The first-order chi connectivity index (χ1) is 14.6. The third-order valence-corrected chi connectivity index (χ3v) is 6.10. The molecule has 0 aliphatic carbocycles. The lowest BCUT2D eigenvalue weighted by Crippen LogP contribution is -2.32. The number of rotatable bonds is 5. The van der Waals surface area contributed by atoms with Crippen LogP contribution in [0.15, 0.2) is 48.0 Å². The molecule has 0 saturated carbocycles. The summed E-state index contributed by atoms with van der Waals surface area (Å²) in [6.07, 6.45) is 0. The maximum atomic E-state index is 12.9. The number of aliphatic hydroxyl groups is 1. The number of carbonyl (C=O) groups is 2. The number of hydrogen-bond donors (Lipinski definition) is 1. The Morgan fingerprint density at radius 3 is 2.26 bits per heavy atom. The van der Waals surface area contributed by atoms with Gasteiger partial charge in [-0.1, -0.05) is 68.2 Å². The van der Waals surface area contributed by atoms with Crippen molar-refractivity contribution in [1.82, 2.24) is 4.90 Å². The number of ether oxygens (including phenoxy) is 1. The molecule has 164 valence electrons. The lowest BCUT2D eigenvalue weighted by molar-refractivity contribution is -0.140. The first kappa shape index (κ1) is 23.3. The van der Waals surface area contributed by atoms with Gasteiger partial charge < -0.3 is 14.7 Å². The van der Waals surface area contributed by atoms with Crippen LogP contribution in [0.25, 0.3) is 5.76 Å². The zero-order valence-corrected chi connectivity index (χ0v) is 19.4. The first-order valence-corrected chi connectivity index (χ1v) is 10.6. The molecule has 1 atom stereocenters. The second kappa shape index (κ2) is 9.03. The number of halogens is 2. The Hall–Kier alpha value is -2.34. The van der Waals surface area contributed by atoms with Gasteiger partial charge in [0.2, 0.25) is 0 Å². The minimum Gasteiger partial charge on any atom is -0.507 e. The Labute approximate surface area is 192 Å². The molecule has 1 heterocycles. The summed E-state index contributed by atoms with van der Waals surface area (Å²) in [5, 5.41) is 11.6. The molecule has 3 rings (SSSR count). The average Bonchev–Trinajstić information content (AvgIpc) is 2.97. The molecule has 0 radical (unpaired) electrons. The predicted octanol–water partition coefficient (Wildman–Crippen LogP) is 5.36. The molecule has 0 spiro atoms. The van der Waals surface area contributed by atoms with Crippen molar-refractivity contribution < 1.29 is 19.4 Å². The number of methoxy groups -OCH3 is 1. The number of nitrogens with zero attached hydrogens (tertiary/aromatic N) is 1. The van der Waals surface area contributed by atoms with Gasteiger partial charge in [-0.15, -0.1) is 0 Å². The Bertz CT molecular complexity index is 1040. The van der Waals surface area contributed by atoms with Crippen LogP contribution in [0.3, 0.4) is 0 Å². The van der Waals surface area contributed by atoms with Crippen LogP contribution in [0, 0.1) is 0 Å². The molecule has 1 amide bonds. The fourth-order valence-electron chi connectivity index (χ4n) is 3.61. The van der Waals surface area contributed by atoms with Crippen molar-refractivity contribution in [3.8, 4) is 0 Å².